The summed E-state index contributed by atoms with van der Waals surface area (Å²) in [4.78, 5) is 6.86. The molecule has 1 aromatic carbocycles. The number of piperidine rings is 1. The average molecular weight is 273 g/mol. The second kappa shape index (κ2) is 5.27. The van der Waals surface area contributed by atoms with Crippen LogP contribution in [0.2, 0.25) is 0 Å². The van der Waals surface area contributed by atoms with Crippen LogP contribution in [0.25, 0.3) is 10.8 Å². The van der Waals surface area contributed by atoms with Gasteiger partial charge in [0.05, 0.1) is 11.9 Å². The lowest BCUT2D eigenvalue weighted by molar-refractivity contribution is 0.445. The summed E-state index contributed by atoms with van der Waals surface area (Å²) in [6.07, 6.45) is 4.17. The van der Waals surface area contributed by atoms with Gasteiger partial charge in [-0.3, -0.25) is 0 Å². The van der Waals surface area contributed by atoms with Crippen molar-refractivity contribution in [1.29, 1.82) is 0 Å². The molecule has 0 radical (unpaired) electrons. The first-order valence-electron chi connectivity index (χ1n) is 7.20. The molecule has 1 aromatic heterocycles. The minimum atomic E-state index is -0.194. The standard InChI is InChI=1S/C16H20FN3/c1-11-5-4-8-20(10-11)16-12-6-3-7-13(17)15(12)14(18-2)9-19-16/h3,6-7,9,11,18H,4-5,8,10H2,1-2H3. The monoisotopic (exact) mass is 273 g/mol. The Labute approximate surface area is 118 Å². The molecule has 1 unspecified atom stereocenters. The van der Waals surface area contributed by atoms with E-state index in [0.29, 0.717) is 11.3 Å². The lowest BCUT2D eigenvalue weighted by atomic mass is 9.99. The molecule has 1 aliphatic heterocycles. The van der Waals surface area contributed by atoms with Crippen LogP contribution in [0, 0.1) is 11.7 Å². The van der Waals surface area contributed by atoms with E-state index >= 15 is 0 Å². The van der Waals surface area contributed by atoms with Gasteiger partial charge in [0.25, 0.3) is 0 Å². The Morgan fingerprint density at radius 3 is 3.00 bits per heavy atom. The number of benzene rings is 1. The number of hydrogen-bond donors (Lipinski definition) is 1. The summed E-state index contributed by atoms with van der Waals surface area (Å²) >= 11 is 0. The molecular formula is C16H20FN3. The Hall–Kier alpha value is -1.84. The van der Waals surface area contributed by atoms with Crippen LogP contribution in [-0.2, 0) is 0 Å². The van der Waals surface area contributed by atoms with Crippen LogP contribution in [0.3, 0.4) is 0 Å². The quantitative estimate of drug-likeness (QED) is 0.905. The lowest BCUT2D eigenvalue weighted by Crippen LogP contribution is -2.35. The smallest absolute Gasteiger partial charge is 0.136 e. The van der Waals surface area contributed by atoms with E-state index in [1.165, 1.54) is 18.9 Å². The van der Waals surface area contributed by atoms with Gasteiger partial charge in [-0.15, -0.1) is 0 Å². The zero-order chi connectivity index (χ0) is 14.1. The predicted molar refractivity (Wildman–Crippen MR) is 81.9 cm³/mol. The van der Waals surface area contributed by atoms with E-state index in [2.05, 4.69) is 22.1 Å². The normalized spacial score (nSPS) is 19.4. The van der Waals surface area contributed by atoms with Gasteiger partial charge in [0.1, 0.15) is 11.6 Å². The third-order valence-electron chi connectivity index (χ3n) is 4.07. The second-order valence-corrected chi connectivity index (χ2v) is 5.60. The first-order chi connectivity index (χ1) is 9.70. The van der Waals surface area contributed by atoms with Crippen LogP contribution in [0.15, 0.2) is 24.4 Å². The molecule has 20 heavy (non-hydrogen) atoms. The van der Waals surface area contributed by atoms with Gasteiger partial charge in [-0.25, -0.2) is 9.37 Å². The first kappa shape index (κ1) is 13.2. The highest BCUT2D eigenvalue weighted by Crippen LogP contribution is 2.33. The van der Waals surface area contributed by atoms with E-state index in [9.17, 15) is 4.39 Å². The molecule has 3 nitrogen and oxygen atoms in total. The largest absolute Gasteiger partial charge is 0.386 e. The maximum absolute atomic E-state index is 14.2. The predicted octanol–water partition coefficient (Wildman–Crippen LogP) is 3.65. The molecule has 3 rings (SSSR count). The van der Waals surface area contributed by atoms with Crippen molar-refractivity contribution in [3.63, 3.8) is 0 Å². The molecule has 106 valence electrons. The summed E-state index contributed by atoms with van der Waals surface area (Å²) in [5, 5.41) is 4.56. The van der Waals surface area contributed by atoms with E-state index in [1.54, 1.807) is 19.3 Å². The van der Waals surface area contributed by atoms with Gasteiger partial charge in [0.2, 0.25) is 0 Å². The fourth-order valence-corrected chi connectivity index (χ4v) is 3.07. The SMILES string of the molecule is CNc1cnc(N2CCCC(C)C2)c2cccc(F)c12. The number of hydrogen-bond acceptors (Lipinski definition) is 3. The minimum absolute atomic E-state index is 0.194. The Morgan fingerprint density at radius 2 is 2.25 bits per heavy atom. The summed E-state index contributed by atoms with van der Waals surface area (Å²) in [7, 11) is 1.80. The molecule has 1 fully saturated rings. The summed E-state index contributed by atoms with van der Waals surface area (Å²) in [6.45, 7) is 4.26. The molecule has 0 amide bonds. The molecule has 1 N–H and O–H groups in total. The van der Waals surface area contributed by atoms with Crippen LogP contribution in [0.1, 0.15) is 19.8 Å². The first-order valence-corrected chi connectivity index (χ1v) is 7.20. The van der Waals surface area contributed by atoms with Crippen molar-refractivity contribution in [3.8, 4) is 0 Å². The zero-order valence-corrected chi connectivity index (χ0v) is 12.0. The van der Waals surface area contributed by atoms with E-state index < -0.39 is 0 Å². The van der Waals surface area contributed by atoms with E-state index in [4.69, 9.17) is 0 Å². The van der Waals surface area contributed by atoms with Crippen molar-refractivity contribution in [1.82, 2.24) is 4.98 Å². The van der Waals surface area contributed by atoms with Crippen LogP contribution < -0.4 is 10.2 Å². The number of anilines is 2. The second-order valence-electron chi connectivity index (χ2n) is 5.60. The molecule has 1 aliphatic rings. The Bertz CT molecular complexity index is 626. The van der Waals surface area contributed by atoms with Crippen LogP contribution >= 0.6 is 0 Å². The Balaban J connectivity index is 2.14. The highest BCUT2D eigenvalue weighted by atomic mass is 19.1. The van der Waals surface area contributed by atoms with Gasteiger partial charge in [-0.05, 0) is 24.8 Å². The highest BCUT2D eigenvalue weighted by Gasteiger charge is 2.20. The van der Waals surface area contributed by atoms with Gasteiger partial charge in [0.15, 0.2) is 0 Å². The van der Waals surface area contributed by atoms with Gasteiger partial charge in [-0.1, -0.05) is 19.1 Å². The number of pyridine rings is 1. The third kappa shape index (κ3) is 2.19. The van der Waals surface area contributed by atoms with E-state index in [0.717, 1.165) is 30.0 Å². The number of nitrogens with zero attached hydrogens (tertiary/aromatic N) is 2. The average Bonchev–Trinajstić information content (AvgIpc) is 2.46. The van der Waals surface area contributed by atoms with Crippen molar-refractivity contribution >= 4 is 22.3 Å². The molecule has 1 atom stereocenters. The topological polar surface area (TPSA) is 28.2 Å². The van der Waals surface area contributed by atoms with Gasteiger partial charge < -0.3 is 10.2 Å². The summed E-state index contributed by atoms with van der Waals surface area (Å²) in [6, 6.07) is 5.22. The number of rotatable bonds is 2. The van der Waals surface area contributed by atoms with E-state index in [1.807, 2.05) is 6.07 Å². The Morgan fingerprint density at radius 1 is 1.40 bits per heavy atom. The molecule has 0 aliphatic carbocycles. The molecular weight excluding hydrogens is 253 g/mol. The van der Waals surface area contributed by atoms with Crippen LogP contribution in [0.4, 0.5) is 15.9 Å². The van der Waals surface area contributed by atoms with Crippen molar-refractivity contribution in [2.24, 2.45) is 5.92 Å². The summed E-state index contributed by atoms with van der Waals surface area (Å²) < 4.78 is 14.2. The summed E-state index contributed by atoms with van der Waals surface area (Å²) in [5.41, 5.74) is 0.743. The fraction of sp³-hybridized carbons (Fsp3) is 0.438. The number of nitrogens with one attached hydrogen (secondary N) is 1. The molecule has 1 saturated heterocycles. The van der Waals surface area contributed by atoms with Gasteiger partial charge in [-0.2, -0.15) is 0 Å². The Kier molecular flexibility index (Phi) is 3.47. The maximum atomic E-state index is 14.2. The molecule has 0 bridgehead atoms. The molecule has 2 aromatic rings. The minimum Gasteiger partial charge on any atom is -0.386 e. The number of aromatic nitrogens is 1. The zero-order valence-electron chi connectivity index (χ0n) is 12.0. The molecule has 0 saturated carbocycles. The highest BCUT2D eigenvalue weighted by molar-refractivity contribution is 6.00. The van der Waals surface area contributed by atoms with Crippen molar-refractivity contribution in [3.05, 3.63) is 30.2 Å². The van der Waals surface area contributed by atoms with Gasteiger partial charge in [0, 0.05) is 30.9 Å². The van der Waals surface area contributed by atoms with E-state index in [-0.39, 0.29) is 5.82 Å². The number of fused-ring (bicyclic) bond motifs is 1. The summed E-state index contributed by atoms with van der Waals surface area (Å²) in [5.74, 6) is 1.38. The maximum Gasteiger partial charge on any atom is 0.136 e. The number of halogens is 1. The van der Waals surface area contributed by atoms with Crippen LogP contribution in [-0.4, -0.2) is 25.1 Å². The third-order valence-corrected chi connectivity index (χ3v) is 4.07. The molecule has 4 heteroatoms. The van der Waals surface area contributed by atoms with Crippen molar-refractivity contribution in [2.45, 2.75) is 19.8 Å². The van der Waals surface area contributed by atoms with Gasteiger partial charge >= 0.3 is 0 Å². The van der Waals surface area contributed by atoms with Crippen LogP contribution in [0.5, 0.6) is 0 Å². The fourth-order valence-electron chi connectivity index (χ4n) is 3.07. The van der Waals surface area contributed by atoms with Crippen molar-refractivity contribution in [2.75, 3.05) is 30.4 Å². The molecule has 0 spiro atoms. The lowest BCUT2D eigenvalue weighted by Gasteiger charge is -2.32. The molecule has 2 heterocycles. The van der Waals surface area contributed by atoms with Crippen molar-refractivity contribution < 1.29 is 4.39 Å².